The van der Waals surface area contributed by atoms with Crippen molar-refractivity contribution in [2.45, 2.75) is 20.5 Å². The molecule has 0 atom stereocenters. The van der Waals surface area contributed by atoms with Gasteiger partial charge in [-0.25, -0.2) is 0 Å². The van der Waals surface area contributed by atoms with E-state index in [0.717, 1.165) is 11.1 Å². The monoisotopic (exact) mass is 336 g/mol. The normalized spacial score (nSPS) is 11.0. The van der Waals surface area contributed by atoms with Crippen molar-refractivity contribution in [3.63, 3.8) is 0 Å². The third kappa shape index (κ3) is 4.07. The summed E-state index contributed by atoms with van der Waals surface area (Å²) in [5.41, 5.74) is 3.12. The summed E-state index contributed by atoms with van der Waals surface area (Å²) in [4.78, 5) is 4.37. The number of benzene rings is 2. The molecular formula is C20H20N2O3. The van der Waals surface area contributed by atoms with Crippen LogP contribution in [0.2, 0.25) is 0 Å². The molecule has 0 N–H and O–H groups in total. The molecule has 3 rings (SSSR count). The van der Waals surface area contributed by atoms with Gasteiger partial charge in [0.25, 0.3) is 5.89 Å². The zero-order valence-electron chi connectivity index (χ0n) is 14.5. The van der Waals surface area contributed by atoms with E-state index in [-0.39, 0.29) is 6.61 Å². The smallest absolute Gasteiger partial charge is 0.258 e. The molecule has 0 aliphatic heterocycles. The van der Waals surface area contributed by atoms with E-state index in [9.17, 15) is 0 Å². The van der Waals surface area contributed by atoms with Gasteiger partial charge < -0.3 is 14.0 Å². The first-order valence-corrected chi connectivity index (χ1v) is 8.03. The maximum Gasteiger partial charge on any atom is 0.258 e. The van der Waals surface area contributed by atoms with Gasteiger partial charge in [-0.05, 0) is 43.7 Å². The Morgan fingerprint density at radius 3 is 2.60 bits per heavy atom. The second-order valence-electron chi connectivity index (χ2n) is 5.58. The van der Waals surface area contributed by atoms with Crippen LogP contribution < -0.4 is 9.47 Å². The summed E-state index contributed by atoms with van der Waals surface area (Å²) in [7, 11) is 1.62. The second-order valence-corrected chi connectivity index (χ2v) is 5.58. The third-order valence-corrected chi connectivity index (χ3v) is 3.67. The van der Waals surface area contributed by atoms with E-state index in [4.69, 9.17) is 14.0 Å². The lowest BCUT2D eigenvalue weighted by atomic mass is 10.1. The summed E-state index contributed by atoms with van der Waals surface area (Å²) in [6.45, 7) is 4.21. The fourth-order valence-electron chi connectivity index (χ4n) is 2.37. The van der Waals surface area contributed by atoms with Crippen LogP contribution in [0.4, 0.5) is 0 Å². The molecule has 3 aromatic rings. The van der Waals surface area contributed by atoms with E-state index in [2.05, 4.69) is 10.1 Å². The van der Waals surface area contributed by atoms with Crippen LogP contribution in [0.3, 0.4) is 0 Å². The number of rotatable bonds is 6. The lowest BCUT2D eigenvalue weighted by Gasteiger charge is -2.09. The van der Waals surface area contributed by atoms with Gasteiger partial charge in [0.2, 0.25) is 5.82 Å². The lowest BCUT2D eigenvalue weighted by Crippen LogP contribution is -1.99. The summed E-state index contributed by atoms with van der Waals surface area (Å²) < 4.78 is 16.5. The number of hydrogen-bond acceptors (Lipinski definition) is 5. The highest BCUT2D eigenvalue weighted by Gasteiger charge is 2.11. The predicted molar refractivity (Wildman–Crippen MR) is 96.5 cm³/mol. The number of allylic oxidation sites excluding steroid dienone is 1. The van der Waals surface area contributed by atoms with Crippen LogP contribution in [-0.4, -0.2) is 17.3 Å². The van der Waals surface area contributed by atoms with E-state index in [0.29, 0.717) is 23.2 Å². The summed E-state index contributed by atoms with van der Waals surface area (Å²) in [5.74, 6) is 2.26. The molecule has 0 fully saturated rings. The molecule has 0 aliphatic carbocycles. The van der Waals surface area contributed by atoms with Crippen molar-refractivity contribution < 1.29 is 14.0 Å². The van der Waals surface area contributed by atoms with Crippen LogP contribution in [0, 0.1) is 6.92 Å². The molecule has 0 bridgehead atoms. The zero-order chi connectivity index (χ0) is 17.6. The average molecular weight is 336 g/mol. The zero-order valence-corrected chi connectivity index (χ0v) is 14.5. The van der Waals surface area contributed by atoms with Gasteiger partial charge in [0, 0.05) is 5.56 Å². The van der Waals surface area contributed by atoms with E-state index < -0.39 is 0 Å². The summed E-state index contributed by atoms with van der Waals surface area (Å²) in [6.07, 6.45) is 3.97. The molecule has 1 aromatic heterocycles. The Morgan fingerprint density at radius 2 is 1.88 bits per heavy atom. The van der Waals surface area contributed by atoms with Crippen LogP contribution in [0.25, 0.3) is 17.5 Å². The molecular weight excluding hydrogens is 316 g/mol. The molecule has 0 amide bonds. The first-order valence-electron chi connectivity index (χ1n) is 8.03. The molecule has 0 spiro atoms. The van der Waals surface area contributed by atoms with E-state index in [1.807, 2.05) is 68.5 Å². The maximum absolute atomic E-state index is 5.78. The van der Waals surface area contributed by atoms with Gasteiger partial charge in [0.1, 0.15) is 0 Å². The Bertz CT molecular complexity index is 867. The van der Waals surface area contributed by atoms with Crippen molar-refractivity contribution in [2.24, 2.45) is 0 Å². The summed E-state index contributed by atoms with van der Waals surface area (Å²) in [5, 5.41) is 3.97. The third-order valence-electron chi connectivity index (χ3n) is 3.67. The first kappa shape index (κ1) is 16.8. The van der Waals surface area contributed by atoms with Crippen LogP contribution in [0.1, 0.15) is 23.9 Å². The highest BCUT2D eigenvalue weighted by atomic mass is 16.5. The number of nitrogens with zero attached hydrogens (tertiary/aromatic N) is 2. The van der Waals surface area contributed by atoms with Crippen molar-refractivity contribution in [3.8, 4) is 23.0 Å². The van der Waals surface area contributed by atoms with Gasteiger partial charge in [-0.15, -0.1) is 0 Å². The molecule has 2 aromatic carbocycles. The van der Waals surface area contributed by atoms with Gasteiger partial charge in [-0.1, -0.05) is 41.1 Å². The Kier molecular flexibility index (Phi) is 5.14. The highest BCUT2D eigenvalue weighted by molar-refractivity contribution is 5.56. The fraction of sp³-hybridized carbons (Fsp3) is 0.200. The Morgan fingerprint density at radius 1 is 1.08 bits per heavy atom. The quantitative estimate of drug-likeness (QED) is 0.655. The second kappa shape index (κ2) is 7.66. The topological polar surface area (TPSA) is 57.4 Å². The summed E-state index contributed by atoms with van der Waals surface area (Å²) in [6, 6.07) is 13.7. The van der Waals surface area contributed by atoms with Gasteiger partial charge in [-0.2, -0.15) is 4.98 Å². The van der Waals surface area contributed by atoms with Crippen LogP contribution in [0.5, 0.6) is 11.5 Å². The van der Waals surface area contributed by atoms with Crippen molar-refractivity contribution in [2.75, 3.05) is 7.11 Å². The number of hydrogen-bond donors (Lipinski definition) is 0. The Labute approximate surface area is 146 Å². The number of ether oxygens (including phenoxy) is 2. The van der Waals surface area contributed by atoms with Crippen LogP contribution >= 0.6 is 0 Å². The molecule has 1 heterocycles. The molecule has 5 nitrogen and oxygen atoms in total. The molecule has 0 saturated carbocycles. The minimum absolute atomic E-state index is 0.203. The van der Waals surface area contributed by atoms with Gasteiger partial charge in [-0.3, -0.25) is 0 Å². The van der Waals surface area contributed by atoms with Crippen molar-refractivity contribution in [3.05, 3.63) is 65.5 Å². The number of methoxy groups -OCH3 is 1. The van der Waals surface area contributed by atoms with Crippen molar-refractivity contribution >= 4 is 6.08 Å². The standard InChI is InChI=1S/C20H20N2O3/c1-4-5-15-8-11-17(18(12-15)23-3)24-13-19-21-20(25-22-19)16-9-6-14(2)7-10-16/h4-12H,13H2,1-3H3/b5-4+. The van der Waals surface area contributed by atoms with Gasteiger partial charge in [0.15, 0.2) is 18.1 Å². The first-order chi connectivity index (χ1) is 12.2. The van der Waals surface area contributed by atoms with Crippen LogP contribution in [-0.2, 0) is 6.61 Å². The van der Waals surface area contributed by atoms with Crippen molar-refractivity contribution in [1.82, 2.24) is 10.1 Å². The average Bonchev–Trinajstić information content (AvgIpc) is 3.10. The molecule has 0 unspecified atom stereocenters. The minimum atomic E-state index is 0.203. The van der Waals surface area contributed by atoms with Gasteiger partial charge in [0.05, 0.1) is 7.11 Å². The summed E-state index contributed by atoms with van der Waals surface area (Å²) >= 11 is 0. The Balaban J connectivity index is 1.71. The highest BCUT2D eigenvalue weighted by Crippen LogP contribution is 2.29. The van der Waals surface area contributed by atoms with Gasteiger partial charge >= 0.3 is 0 Å². The van der Waals surface area contributed by atoms with E-state index in [1.54, 1.807) is 7.11 Å². The molecule has 0 radical (unpaired) electrons. The lowest BCUT2D eigenvalue weighted by molar-refractivity contribution is 0.270. The molecule has 0 saturated heterocycles. The largest absolute Gasteiger partial charge is 0.493 e. The maximum atomic E-state index is 5.78. The van der Waals surface area contributed by atoms with Crippen LogP contribution in [0.15, 0.2) is 53.1 Å². The number of aryl methyl sites for hydroxylation is 1. The molecule has 5 heteroatoms. The molecule has 25 heavy (non-hydrogen) atoms. The molecule has 128 valence electrons. The van der Waals surface area contributed by atoms with Crippen molar-refractivity contribution in [1.29, 1.82) is 0 Å². The fourth-order valence-corrected chi connectivity index (χ4v) is 2.37. The SMILES string of the molecule is C/C=C/c1ccc(OCc2noc(-c3ccc(C)cc3)n2)c(OC)c1. The predicted octanol–water partition coefficient (Wildman–Crippen LogP) is 4.67. The van der Waals surface area contributed by atoms with E-state index >= 15 is 0 Å². The van der Waals surface area contributed by atoms with E-state index in [1.165, 1.54) is 5.56 Å². The molecule has 0 aliphatic rings. The number of aromatic nitrogens is 2. The minimum Gasteiger partial charge on any atom is -0.493 e. The Hall–Kier alpha value is -3.08.